The maximum atomic E-state index is 11.2. The van der Waals surface area contributed by atoms with Gasteiger partial charge in [-0.1, -0.05) is 0 Å². The third-order valence-corrected chi connectivity index (χ3v) is 4.01. The zero-order chi connectivity index (χ0) is 24.9. The van der Waals surface area contributed by atoms with E-state index in [2.05, 4.69) is 25.6 Å². The number of hydrogen-bond donors (Lipinski definition) is 5. The van der Waals surface area contributed by atoms with E-state index in [0.29, 0.717) is 28.4 Å². The number of nitrogens with two attached hydrogens (primary N) is 1. The maximum Gasteiger partial charge on any atom is 0.490 e. The van der Waals surface area contributed by atoms with Crippen LogP contribution in [0.2, 0.25) is 0 Å². The molecule has 176 valence electrons. The Balaban J connectivity index is 0.000000406. The highest BCUT2D eigenvalue weighted by Crippen LogP contribution is 2.21. The zero-order valence-corrected chi connectivity index (χ0v) is 16.9. The van der Waals surface area contributed by atoms with Gasteiger partial charge in [0.05, 0.1) is 5.52 Å². The van der Waals surface area contributed by atoms with Crippen LogP contribution >= 0.6 is 0 Å². The van der Waals surface area contributed by atoms with Gasteiger partial charge >= 0.3 is 17.9 Å². The lowest BCUT2D eigenvalue weighted by Crippen LogP contribution is -2.21. The number of anilines is 4. The summed E-state index contributed by atoms with van der Waals surface area (Å²) in [6, 6.07) is 13.6. The van der Waals surface area contributed by atoms with E-state index in [9.17, 15) is 22.8 Å². The minimum atomic E-state index is -5.08. The molecule has 0 saturated heterocycles. The van der Waals surface area contributed by atoms with Crippen molar-refractivity contribution in [3.63, 3.8) is 0 Å². The van der Waals surface area contributed by atoms with Crippen LogP contribution < -0.4 is 22.1 Å². The smallest absolute Gasteiger partial charge is 0.475 e. The van der Waals surface area contributed by atoms with Gasteiger partial charge in [0, 0.05) is 23.1 Å². The summed E-state index contributed by atoms with van der Waals surface area (Å²) >= 11 is 0. The van der Waals surface area contributed by atoms with Gasteiger partial charge in [0.2, 0.25) is 11.9 Å². The van der Waals surface area contributed by atoms with Crippen LogP contribution in [0.5, 0.6) is 0 Å². The Labute approximate surface area is 187 Å². The number of alkyl halides is 3. The van der Waals surface area contributed by atoms with Crippen molar-refractivity contribution in [1.29, 1.82) is 0 Å². The Hall–Kier alpha value is -4.88. The normalized spacial score (nSPS) is 10.8. The number of amides is 1. The Morgan fingerprint density at radius 3 is 2.29 bits per heavy atom. The number of hydrogen-bond acceptors (Lipinski definition) is 8. The van der Waals surface area contributed by atoms with Crippen molar-refractivity contribution in [2.24, 2.45) is 5.73 Å². The number of fused-ring (bicyclic) bond motifs is 1. The van der Waals surface area contributed by atoms with Crippen molar-refractivity contribution in [1.82, 2.24) is 15.0 Å². The molecule has 2 heterocycles. The number of carboxylic acid groups (broad SMARTS) is 1. The number of benzene rings is 2. The van der Waals surface area contributed by atoms with Crippen LogP contribution in [0, 0.1) is 0 Å². The second kappa shape index (κ2) is 9.72. The van der Waals surface area contributed by atoms with Gasteiger partial charge in [0.15, 0.2) is 5.58 Å². The molecule has 0 fully saturated rings. The molecule has 0 atom stereocenters. The van der Waals surface area contributed by atoms with Crippen molar-refractivity contribution in [2.45, 2.75) is 6.18 Å². The van der Waals surface area contributed by atoms with Crippen LogP contribution in [0.3, 0.4) is 0 Å². The summed E-state index contributed by atoms with van der Waals surface area (Å²) in [7, 11) is 0. The molecule has 0 saturated carbocycles. The molecule has 0 unspecified atom stereocenters. The topological polar surface area (TPSA) is 176 Å². The van der Waals surface area contributed by atoms with E-state index >= 15 is 0 Å². The van der Waals surface area contributed by atoms with Gasteiger partial charge < -0.3 is 25.9 Å². The van der Waals surface area contributed by atoms with Crippen molar-refractivity contribution in [3.05, 3.63) is 70.8 Å². The lowest BCUT2D eigenvalue weighted by molar-refractivity contribution is -0.192. The van der Waals surface area contributed by atoms with E-state index in [-0.39, 0.29) is 0 Å². The number of primary amides is 1. The molecule has 0 aliphatic rings. The van der Waals surface area contributed by atoms with E-state index in [4.69, 9.17) is 20.1 Å². The Kier molecular flexibility index (Phi) is 6.80. The Morgan fingerprint density at radius 2 is 1.68 bits per heavy atom. The van der Waals surface area contributed by atoms with E-state index < -0.39 is 23.8 Å². The van der Waals surface area contributed by atoms with Gasteiger partial charge in [0.1, 0.15) is 5.82 Å². The summed E-state index contributed by atoms with van der Waals surface area (Å²) in [6.45, 7) is 0. The van der Waals surface area contributed by atoms with Crippen molar-refractivity contribution >= 4 is 46.1 Å². The van der Waals surface area contributed by atoms with E-state index in [1.807, 2.05) is 0 Å². The van der Waals surface area contributed by atoms with Crippen LogP contribution in [0.1, 0.15) is 10.4 Å². The summed E-state index contributed by atoms with van der Waals surface area (Å²) in [5, 5.41) is 13.3. The monoisotopic (exact) mass is 476 g/mol. The number of aromatic amines is 1. The number of carbonyl (C=O) groups is 2. The molecule has 4 aromatic rings. The highest BCUT2D eigenvalue weighted by atomic mass is 19.4. The molecule has 14 heteroatoms. The van der Waals surface area contributed by atoms with Crippen LogP contribution in [0.4, 0.5) is 36.3 Å². The number of aromatic nitrogens is 3. The summed E-state index contributed by atoms with van der Waals surface area (Å²) in [4.78, 5) is 42.4. The van der Waals surface area contributed by atoms with E-state index in [1.54, 1.807) is 54.7 Å². The van der Waals surface area contributed by atoms with Crippen LogP contribution in [-0.2, 0) is 4.79 Å². The van der Waals surface area contributed by atoms with Crippen molar-refractivity contribution in [3.8, 4) is 0 Å². The van der Waals surface area contributed by atoms with Gasteiger partial charge in [-0.3, -0.25) is 9.78 Å². The minimum Gasteiger partial charge on any atom is -0.475 e. The molecule has 2 aromatic carbocycles. The summed E-state index contributed by atoms with van der Waals surface area (Å²) in [6.07, 6.45) is -3.48. The third-order valence-electron chi connectivity index (χ3n) is 4.01. The van der Waals surface area contributed by atoms with E-state index in [1.165, 1.54) is 0 Å². The third kappa shape index (κ3) is 6.32. The van der Waals surface area contributed by atoms with Gasteiger partial charge in [-0.05, 0) is 48.5 Å². The number of halogens is 3. The number of H-pyrrole nitrogens is 1. The fourth-order valence-electron chi connectivity index (χ4n) is 2.51. The highest BCUT2D eigenvalue weighted by Gasteiger charge is 2.38. The zero-order valence-electron chi connectivity index (χ0n) is 16.9. The molecule has 0 bridgehead atoms. The van der Waals surface area contributed by atoms with Crippen LogP contribution in [-0.4, -0.2) is 38.1 Å². The predicted octanol–water partition coefficient (Wildman–Crippen LogP) is 3.13. The van der Waals surface area contributed by atoms with E-state index in [0.717, 1.165) is 11.4 Å². The number of carboxylic acids is 1. The molecular formula is C20H15F3N6O5. The number of rotatable bonds is 5. The first-order valence-electron chi connectivity index (χ1n) is 9.21. The molecular weight excluding hydrogens is 461 g/mol. The van der Waals surface area contributed by atoms with Gasteiger partial charge in [-0.2, -0.15) is 18.2 Å². The van der Waals surface area contributed by atoms with Crippen LogP contribution in [0.15, 0.2) is 63.9 Å². The molecule has 6 N–H and O–H groups in total. The Bertz CT molecular complexity index is 1380. The molecule has 0 spiro atoms. The fraction of sp³-hybridized carbons (Fsp3) is 0.0500. The predicted molar refractivity (Wildman–Crippen MR) is 114 cm³/mol. The minimum absolute atomic E-state index is 0.379. The average Bonchev–Trinajstić information content (AvgIpc) is 3.13. The first kappa shape index (κ1) is 23.8. The lowest BCUT2D eigenvalue weighted by atomic mass is 10.2. The average molecular weight is 476 g/mol. The largest absolute Gasteiger partial charge is 0.490 e. The summed E-state index contributed by atoms with van der Waals surface area (Å²) in [5.74, 6) is -2.80. The Morgan fingerprint density at radius 1 is 1.03 bits per heavy atom. The highest BCUT2D eigenvalue weighted by molar-refractivity contribution is 5.93. The van der Waals surface area contributed by atoms with Crippen molar-refractivity contribution < 1.29 is 32.3 Å². The SMILES string of the molecule is NC(=O)c1ccc(Nc2nccc(Nc3ccc4oc(=O)[nH]c4c3)n2)cc1.O=C(O)C(F)(F)F. The van der Waals surface area contributed by atoms with Crippen molar-refractivity contribution in [2.75, 3.05) is 10.6 Å². The maximum absolute atomic E-state index is 11.2. The quantitative estimate of drug-likeness (QED) is 0.290. The second-order valence-electron chi connectivity index (χ2n) is 6.49. The number of nitrogens with one attached hydrogen (secondary N) is 3. The number of aliphatic carboxylic acids is 1. The first-order valence-corrected chi connectivity index (χ1v) is 9.21. The number of carbonyl (C=O) groups excluding carboxylic acids is 1. The molecule has 11 nitrogen and oxygen atoms in total. The molecule has 1 amide bonds. The van der Waals surface area contributed by atoms with Gasteiger partial charge in [0.25, 0.3) is 0 Å². The molecule has 0 aliphatic heterocycles. The molecule has 4 rings (SSSR count). The van der Waals surface area contributed by atoms with Gasteiger partial charge in [-0.25, -0.2) is 14.6 Å². The molecule has 0 radical (unpaired) electrons. The van der Waals surface area contributed by atoms with Gasteiger partial charge in [-0.15, -0.1) is 0 Å². The first-order chi connectivity index (χ1) is 16.0. The summed E-state index contributed by atoms with van der Waals surface area (Å²) in [5.41, 5.74) is 8.17. The standard InChI is InChI=1S/C18H14N6O3.C2HF3O2/c19-16(25)10-1-3-11(4-2-10)22-17-20-8-7-15(24-17)21-12-5-6-14-13(9-12)23-18(26)27-14;3-2(4,5)1(6)7/h1-9H,(H2,19,25)(H,23,26)(H2,20,21,22,24);(H,6,7). The molecule has 2 aromatic heterocycles. The number of nitrogens with zero attached hydrogens (tertiary/aromatic N) is 2. The fourth-order valence-corrected chi connectivity index (χ4v) is 2.51. The lowest BCUT2D eigenvalue weighted by Gasteiger charge is -2.08. The molecule has 34 heavy (non-hydrogen) atoms. The number of oxazole rings is 1. The molecule has 0 aliphatic carbocycles. The second-order valence-corrected chi connectivity index (χ2v) is 6.49. The van der Waals surface area contributed by atoms with Crippen LogP contribution in [0.25, 0.3) is 11.1 Å². The summed E-state index contributed by atoms with van der Waals surface area (Å²) < 4.78 is 36.7.